The van der Waals surface area contributed by atoms with Gasteiger partial charge in [0.2, 0.25) is 11.8 Å². The molecule has 2 amide bonds. The molecule has 4 rings (SSSR count). The second-order valence-electron chi connectivity index (χ2n) is 7.56. The minimum absolute atomic E-state index is 0.0402. The first kappa shape index (κ1) is 19.0. The molecule has 0 unspecified atom stereocenters. The molecular formula is C20H18N2O7. The number of ketones is 1. The van der Waals surface area contributed by atoms with Gasteiger partial charge in [0, 0.05) is 17.7 Å². The second kappa shape index (κ2) is 6.91. The summed E-state index contributed by atoms with van der Waals surface area (Å²) in [6.45, 7) is 0.821. The number of hydrogen-bond donors (Lipinski definition) is 0. The molecule has 1 saturated heterocycles. The number of Topliss-reactive ketones (excluding diaryl/α,β-unsaturated/α-hetero) is 1. The van der Waals surface area contributed by atoms with Crippen LogP contribution in [0, 0.1) is 33.8 Å². The fourth-order valence-corrected chi connectivity index (χ4v) is 4.52. The van der Waals surface area contributed by atoms with Crippen molar-refractivity contribution in [2.45, 2.75) is 19.4 Å². The molecule has 9 heteroatoms. The number of imide groups is 1. The Morgan fingerprint density at radius 1 is 1.14 bits per heavy atom. The molecule has 2 fully saturated rings. The lowest BCUT2D eigenvalue weighted by Gasteiger charge is -2.23. The zero-order valence-corrected chi connectivity index (χ0v) is 15.5. The van der Waals surface area contributed by atoms with E-state index in [0.717, 1.165) is 11.3 Å². The van der Waals surface area contributed by atoms with Gasteiger partial charge in [-0.2, -0.15) is 0 Å². The summed E-state index contributed by atoms with van der Waals surface area (Å²) in [5.41, 5.74) is -0.00575. The molecule has 1 aromatic carbocycles. The van der Waals surface area contributed by atoms with Gasteiger partial charge in [0.25, 0.3) is 5.69 Å². The highest BCUT2D eigenvalue weighted by molar-refractivity contribution is 6.09. The number of hydrogen-bond acceptors (Lipinski definition) is 7. The molecule has 1 saturated carbocycles. The molecule has 0 spiro atoms. The van der Waals surface area contributed by atoms with Crippen molar-refractivity contribution in [2.75, 3.05) is 6.61 Å². The van der Waals surface area contributed by atoms with Crippen LogP contribution < -0.4 is 0 Å². The molecule has 2 aliphatic carbocycles. The summed E-state index contributed by atoms with van der Waals surface area (Å²) in [6, 6.07) is 3.79. The van der Waals surface area contributed by atoms with E-state index in [0.29, 0.717) is 0 Å². The minimum atomic E-state index is -1.12. The minimum Gasteiger partial charge on any atom is -0.456 e. The quantitative estimate of drug-likeness (QED) is 0.178. The lowest BCUT2D eigenvalue weighted by atomic mass is 9.85. The summed E-state index contributed by atoms with van der Waals surface area (Å²) in [7, 11) is 0. The molecule has 0 N–H and O–H groups in total. The first-order valence-electron chi connectivity index (χ1n) is 9.29. The van der Waals surface area contributed by atoms with Gasteiger partial charge in [-0.15, -0.1) is 0 Å². The number of ether oxygens (including phenoxy) is 1. The van der Waals surface area contributed by atoms with Gasteiger partial charge in [-0.3, -0.25) is 29.4 Å². The van der Waals surface area contributed by atoms with E-state index in [4.69, 9.17) is 4.74 Å². The maximum absolute atomic E-state index is 12.7. The number of esters is 1. The molecule has 1 aromatic rings. The standard InChI is InChI=1S/C20H18N2O7/c1-10(21-18(24)16-12-2-3-13(8-12)17(16)19(21)25)20(26)29-9-15(23)11-4-6-14(7-5-11)22(27)28/h2-7,10,12-13,16-17H,8-9H2,1H3/t10-,12-,13+,16-,17+/m1/s1. The van der Waals surface area contributed by atoms with Gasteiger partial charge in [-0.1, -0.05) is 12.2 Å². The Balaban J connectivity index is 1.37. The van der Waals surface area contributed by atoms with Crippen LogP contribution in [0.4, 0.5) is 5.69 Å². The van der Waals surface area contributed by atoms with Crippen molar-refractivity contribution >= 4 is 29.3 Å². The third-order valence-corrected chi connectivity index (χ3v) is 5.98. The summed E-state index contributed by atoms with van der Waals surface area (Å²) in [5, 5.41) is 10.7. The molecule has 1 aliphatic heterocycles. The number of nitro benzene ring substituents is 1. The number of allylic oxidation sites excluding steroid dienone is 2. The number of nitrogens with zero attached hydrogens (tertiary/aromatic N) is 2. The van der Waals surface area contributed by atoms with Crippen LogP contribution in [0.1, 0.15) is 23.7 Å². The van der Waals surface area contributed by atoms with Crippen LogP contribution in [-0.4, -0.2) is 46.0 Å². The fraction of sp³-hybridized carbons (Fsp3) is 0.400. The maximum atomic E-state index is 12.7. The number of benzene rings is 1. The molecule has 29 heavy (non-hydrogen) atoms. The normalized spacial score (nSPS) is 27.8. The van der Waals surface area contributed by atoms with Crippen molar-refractivity contribution in [3.8, 4) is 0 Å². The predicted molar refractivity (Wildman–Crippen MR) is 97.4 cm³/mol. The van der Waals surface area contributed by atoms with E-state index in [1.807, 2.05) is 12.2 Å². The molecule has 9 nitrogen and oxygen atoms in total. The van der Waals surface area contributed by atoms with Gasteiger partial charge in [-0.05, 0) is 37.3 Å². The average Bonchev–Trinajstić information content (AvgIpc) is 3.39. The molecule has 3 aliphatic rings. The highest BCUT2D eigenvalue weighted by Crippen LogP contribution is 2.52. The lowest BCUT2D eigenvalue weighted by Crippen LogP contribution is -2.45. The van der Waals surface area contributed by atoms with Crippen molar-refractivity contribution in [3.63, 3.8) is 0 Å². The topological polar surface area (TPSA) is 124 Å². The van der Waals surface area contributed by atoms with Crippen LogP contribution in [0.2, 0.25) is 0 Å². The van der Waals surface area contributed by atoms with Gasteiger partial charge < -0.3 is 4.74 Å². The van der Waals surface area contributed by atoms with Crippen molar-refractivity contribution in [1.29, 1.82) is 0 Å². The Bertz CT molecular complexity index is 922. The first-order chi connectivity index (χ1) is 13.8. The molecule has 0 aromatic heterocycles. The number of nitro groups is 1. The van der Waals surface area contributed by atoms with Crippen LogP contribution in [0.25, 0.3) is 0 Å². The Morgan fingerprint density at radius 2 is 1.69 bits per heavy atom. The monoisotopic (exact) mass is 398 g/mol. The maximum Gasteiger partial charge on any atom is 0.329 e. The second-order valence-corrected chi connectivity index (χ2v) is 7.56. The number of carbonyl (C=O) groups excluding carboxylic acids is 4. The molecule has 150 valence electrons. The van der Waals surface area contributed by atoms with Gasteiger partial charge in [0.05, 0.1) is 16.8 Å². The van der Waals surface area contributed by atoms with Gasteiger partial charge in [0.15, 0.2) is 12.4 Å². The fourth-order valence-electron chi connectivity index (χ4n) is 4.52. The third kappa shape index (κ3) is 3.02. The SMILES string of the molecule is C[C@H](C(=O)OCC(=O)c1ccc([N+](=O)[O-])cc1)N1C(=O)[C@@H]2[C@H](C1=O)[C@@H]1C=C[C@H]2C1. The molecule has 5 atom stereocenters. The Kier molecular flexibility index (Phi) is 4.52. The van der Waals surface area contributed by atoms with Crippen molar-refractivity contribution < 1.29 is 28.8 Å². The van der Waals surface area contributed by atoms with E-state index in [1.165, 1.54) is 31.2 Å². The number of amides is 2. The van der Waals surface area contributed by atoms with E-state index in [1.54, 1.807) is 0 Å². The average molecular weight is 398 g/mol. The predicted octanol–water partition coefficient (Wildman–Crippen LogP) is 1.52. The Morgan fingerprint density at radius 3 is 2.21 bits per heavy atom. The number of non-ortho nitro benzene ring substituents is 1. The summed E-state index contributed by atoms with van der Waals surface area (Å²) in [4.78, 5) is 61.0. The molecular weight excluding hydrogens is 380 g/mol. The zero-order chi connectivity index (χ0) is 20.9. The van der Waals surface area contributed by atoms with Crippen LogP contribution in [0.3, 0.4) is 0 Å². The van der Waals surface area contributed by atoms with Crippen LogP contribution in [0.5, 0.6) is 0 Å². The highest BCUT2D eigenvalue weighted by atomic mass is 16.6. The van der Waals surface area contributed by atoms with E-state index in [9.17, 15) is 29.3 Å². The number of carbonyl (C=O) groups is 4. The van der Waals surface area contributed by atoms with Crippen LogP contribution >= 0.6 is 0 Å². The van der Waals surface area contributed by atoms with Crippen molar-refractivity contribution in [2.24, 2.45) is 23.7 Å². The van der Waals surface area contributed by atoms with Crippen molar-refractivity contribution in [1.82, 2.24) is 4.90 Å². The zero-order valence-electron chi connectivity index (χ0n) is 15.5. The van der Waals surface area contributed by atoms with E-state index < -0.39 is 41.2 Å². The Labute approximate surface area is 165 Å². The first-order valence-corrected chi connectivity index (χ1v) is 9.29. The number of likely N-dealkylation sites (tertiary alicyclic amines) is 1. The summed E-state index contributed by atoms with van der Waals surface area (Å²) in [5.74, 6) is -2.84. The van der Waals surface area contributed by atoms with E-state index in [-0.39, 0.29) is 34.9 Å². The summed E-state index contributed by atoms with van der Waals surface area (Å²) >= 11 is 0. The Hall–Kier alpha value is -3.36. The molecule has 1 heterocycles. The van der Waals surface area contributed by atoms with Crippen LogP contribution in [-0.2, 0) is 19.1 Å². The lowest BCUT2D eigenvalue weighted by molar-refractivity contribution is -0.384. The highest BCUT2D eigenvalue weighted by Gasteiger charge is 2.60. The summed E-state index contributed by atoms with van der Waals surface area (Å²) in [6.07, 6.45) is 4.72. The van der Waals surface area contributed by atoms with E-state index in [2.05, 4.69) is 0 Å². The number of rotatable bonds is 6. The largest absolute Gasteiger partial charge is 0.456 e. The smallest absolute Gasteiger partial charge is 0.329 e. The van der Waals surface area contributed by atoms with Gasteiger partial charge in [-0.25, -0.2) is 4.79 Å². The summed E-state index contributed by atoms with van der Waals surface area (Å²) < 4.78 is 5.01. The molecule has 0 radical (unpaired) electrons. The van der Waals surface area contributed by atoms with Crippen LogP contribution in [0.15, 0.2) is 36.4 Å². The van der Waals surface area contributed by atoms with E-state index >= 15 is 0 Å². The van der Waals surface area contributed by atoms with Crippen molar-refractivity contribution in [3.05, 3.63) is 52.1 Å². The molecule has 2 bridgehead atoms. The van der Waals surface area contributed by atoms with Gasteiger partial charge in [0.1, 0.15) is 6.04 Å². The van der Waals surface area contributed by atoms with Gasteiger partial charge >= 0.3 is 5.97 Å². The number of fused-ring (bicyclic) bond motifs is 5. The third-order valence-electron chi connectivity index (χ3n) is 5.98.